The molecule has 0 spiro atoms. The Morgan fingerprint density at radius 2 is 2.14 bits per heavy atom. The Morgan fingerprint density at radius 1 is 1.38 bits per heavy atom. The van der Waals surface area contributed by atoms with Crippen LogP contribution in [0.1, 0.15) is 30.1 Å². The average molecular weight is 315 g/mol. The van der Waals surface area contributed by atoms with E-state index in [-0.39, 0.29) is 18.8 Å². The Kier molecular flexibility index (Phi) is 7.13. The summed E-state index contributed by atoms with van der Waals surface area (Å²) in [5.41, 5.74) is 5.81. The van der Waals surface area contributed by atoms with Crippen LogP contribution in [0.2, 0.25) is 0 Å². The van der Waals surface area contributed by atoms with Gasteiger partial charge in [-0.3, -0.25) is 4.72 Å². The third kappa shape index (κ3) is 6.56. The summed E-state index contributed by atoms with van der Waals surface area (Å²) in [6, 6.07) is 6.12. The van der Waals surface area contributed by atoms with Crippen LogP contribution in [-0.4, -0.2) is 34.1 Å². The van der Waals surface area contributed by atoms with E-state index in [1.165, 1.54) is 6.07 Å². The second-order valence-corrected chi connectivity index (χ2v) is 5.86. The lowest BCUT2D eigenvalue weighted by Crippen LogP contribution is -2.33. The molecule has 0 fully saturated rings. The highest BCUT2D eigenvalue weighted by Crippen LogP contribution is 2.13. The van der Waals surface area contributed by atoms with Crippen molar-refractivity contribution in [2.75, 3.05) is 24.4 Å². The van der Waals surface area contributed by atoms with Gasteiger partial charge in [0.15, 0.2) is 0 Å². The highest BCUT2D eigenvalue weighted by atomic mass is 32.2. The number of carbonyl (C=O) groups excluding carboxylic acids is 1. The van der Waals surface area contributed by atoms with Crippen LogP contribution in [0.15, 0.2) is 24.3 Å². The van der Waals surface area contributed by atoms with Gasteiger partial charge in [0.25, 0.3) is 10.2 Å². The van der Waals surface area contributed by atoms with Crippen molar-refractivity contribution < 1.29 is 17.9 Å². The molecule has 1 aromatic rings. The van der Waals surface area contributed by atoms with Gasteiger partial charge in [-0.25, -0.2) is 4.79 Å². The number of esters is 1. The minimum absolute atomic E-state index is 0.133. The van der Waals surface area contributed by atoms with Gasteiger partial charge in [-0.15, -0.1) is 0 Å². The molecule has 0 aliphatic heterocycles. The van der Waals surface area contributed by atoms with Crippen LogP contribution in [-0.2, 0) is 14.9 Å². The van der Waals surface area contributed by atoms with Crippen LogP contribution in [0.5, 0.6) is 0 Å². The number of benzene rings is 1. The lowest BCUT2D eigenvalue weighted by Gasteiger charge is -2.10. The minimum Gasteiger partial charge on any atom is -0.462 e. The summed E-state index contributed by atoms with van der Waals surface area (Å²) in [6.07, 6.45) is 1.72. The second-order valence-electron chi connectivity index (χ2n) is 4.36. The fraction of sp³-hybridized carbons (Fsp3) is 0.462. The summed E-state index contributed by atoms with van der Waals surface area (Å²) in [4.78, 5) is 11.8. The van der Waals surface area contributed by atoms with Crippen molar-refractivity contribution in [2.24, 2.45) is 5.73 Å². The zero-order valence-electron chi connectivity index (χ0n) is 12.0. The van der Waals surface area contributed by atoms with Crippen molar-refractivity contribution in [3.05, 3.63) is 29.8 Å². The van der Waals surface area contributed by atoms with Gasteiger partial charge in [-0.1, -0.05) is 19.4 Å². The first-order chi connectivity index (χ1) is 9.98. The van der Waals surface area contributed by atoms with Gasteiger partial charge in [0.05, 0.1) is 17.9 Å². The SMILES string of the molecule is CCCCOC(=O)c1cccc(NS(=O)(=O)NCCN)c1. The smallest absolute Gasteiger partial charge is 0.338 e. The summed E-state index contributed by atoms with van der Waals surface area (Å²) >= 11 is 0. The fourth-order valence-electron chi connectivity index (χ4n) is 1.49. The lowest BCUT2D eigenvalue weighted by molar-refractivity contribution is 0.0500. The van der Waals surface area contributed by atoms with Crippen LogP contribution in [0.25, 0.3) is 0 Å². The van der Waals surface area contributed by atoms with E-state index in [2.05, 4.69) is 9.44 Å². The standard InChI is InChI=1S/C13H21N3O4S/c1-2-3-9-20-13(17)11-5-4-6-12(10-11)16-21(18,19)15-8-7-14/h4-6,10,15-16H,2-3,7-9,14H2,1H3. The molecular weight excluding hydrogens is 294 g/mol. The van der Waals surface area contributed by atoms with Gasteiger partial charge in [0.1, 0.15) is 0 Å². The fourth-order valence-corrected chi connectivity index (χ4v) is 2.38. The zero-order chi connectivity index (χ0) is 15.7. The van der Waals surface area contributed by atoms with E-state index in [0.29, 0.717) is 12.2 Å². The number of hydrogen-bond donors (Lipinski definition) is 3. The Balaban J connectivity index is 2.70. The van der Waals surface area contributed by atoms with Crippen LogP contribution in [0.3, 0.4) is 0 Å². The maximum atomic E-state index is 11.8. The minimum atomic E-state index is -3.69. The van der Waals surface area contributed by atoms with Gasteiger partial charge in [-0.05, 0) is 24.6 Å². The summed E-state index contributed by atoms with van der Waals surface area (Å²) in [5, 5.41) is 0. The van der Waals surface area contributed by atoms with Gasteiger partial charge in [-0.2, -0.15) is 13.1 Å². The van der Waals surface area contributed by atoms with E-state index >= 15 is 0 Å². The topological polar surface area (TPSA) is 111 Å². The largest absolute Gasteiger partial charge is 0.462 e. The Labute approximate surface area is 125 Å². The first-order valence-corrected chi connectivity index (χ1v) is 8.21. The first kappa shape index (κ1) is 17.4. The number of hydrogen-bond acceptors (Lipinski definition) is 5. The molecule has 0 bridgehead atoms. The van der Waals surface area contributed by atoms with Gasteiger partial charge in [0.2, 0.25) is 0 Å². The molecule has 0 aromatic heterocycles. The molecule has 4 N–H and O–H groups in total. The molecule has 0 saturated heterocycles. The van der Waals surface area contributed by atoms with Crippen molar-refractivity contribution in [1.29, 1.82) is 0 Å². The molecule has 0 saturated carbocycles. The normalized spacial score (nSPS) is 11.1. The molecule has 1 rings (SSSR count). The molecule has 7 nitrogen and oxygen atoms in total. The van der Waals surface area contributed by atoms with E-state index in [4.69, 9.17) is 10.5 Å². The molecule has 21 heavy (non-hydrogen) atoms. The third-order valence-corrected chi connectivity index (χ3v) is 3.61. The van der Waals surface area contributed by atoms with Gasteiger partial charge < -0.3 is 10.5 Å². The van der Waals surface area contributed by atoms with E-state index in [1.54, 1.807) is 18.2 Å². The number of unbranched alkanes of at least 4 members (excludes halogenated alkanes) is 1. The molecular formula is C13H21N3O4S. The molecule has 0 aliphatic carbocycles. The van der Waals surface area contributed by atoms with Crippen LogP contribution in [0.4, 0.5) is 5.69 Å². The van der Waals surface area contributed by atoms with Crippen LogP contribution in [0, 0.1) is 0 Å². The maximum absolute atomic E-state index is 11.8. The summed E-state index contributed by atoms with van der Waals surface area (Å²) in [6.45, 7) is 2.68. The van der Waals surface area contributed by atoms with Crippen molar-refractivity contribution in [1.82, 2.24) is 4.72 Å². The molecule has 0 unspecified atom stereocenters. The molecule has 0 amide bonds. The molecule has 0 atom stereocenters. The third-order valence-electron chi connectivity index (χ3n) is 2.52. The van der Waals surface area contributed by atoms with Gasteiger partial charge >= 0.3 is 5.97 Å². The second kappa shape index (κ2) is 8.60. The molecule has 0 aliphatic rings. The van der Waals surface area contributed by atoms with E-state index < -0.39 is 16.2 Å². The summed E-state index contributed by atoms with van der Waals surface area (Å²) in [7, 11) is -3.69. The number of carbonyl (C=O) groups is 1. The zero-order valence-corrected chi connectivity index (χ0v) is 12.8. The Morgan fingerprint density at radius 3 is 2.81 bits per heavy atom. The predicted molar refractivity (Wildman–Crippen MR) is 81.2 cm³/mol. The number of anilines is 1. The van der Waals surface area contributed by atoms with Crippen LogP contribution < -0.4 is 15.2 Å². The Bertz CT molecular complexity index is 560. The quantitative estimate of drug-likeness (QED) is 0.462. The van der Waals surface area contributed by atoms with Crippen molar-refractivity contribution in [3.63, 3.8) is 0 Å². The summed E-state index contributed by atoms with van der Waals surface area (Å²) in [5.74, 6) is -0.473. The van der Waals surface area contributed by atoms with E-state index in [1.807, 2.05) is 6.92 Å². The van der Waals surface area contributed by atoms with E-state index in [9.17, 15) is 13.2 Å². The highest BCUT2D eigenvalue weighted by Gasteiger charge is 2.11. The lowest BCUT2D eigenvalue weighted by atomic mass is 10.2. The monoisotopic (exact) mass is 315 g/mol. The average Bonchev–Trinajstić information content (AvgIpc) is 2.45. The molecule has 1 aromatic carbocycles. The molecule has 118 valence electrons. The first-order valence-electron chi connectivity index (χ1n) is 6.73. The van der Waals surface area contributed by atoms with Crippen molar-refractivity contribution in [2.45, 2.75) is 19.8 Å². The number of nitrogens with one attached hydrogen (secondary N) is 2. The van der Waals surface area contributed by atoms with Gasteiger partial charge in [0, 0.05) is 13.1 Å². The highest BCUT2D eigenvalue weighted by molar-refractivity contribution is 7.90. The van der Waals surface area contributed by atoms with Crippen molar-refractivity contribution >= 4 is 21.9 Å². The summed E-state index contributed by atoms with van der Waals surface area (Å²) < 4.78 is 33.0. The molecule has 8 heteroatoms. The maximum Gasteiger partial charge on any atom is 0.338 e. The molecule has 0 radical (unpaired) electrons. The number of rotatable bonds is 9. The Hall–Kier alpha value is -1.64. The van der Waals surface area contributed by atoms with Crippen LogP contribution >= 0.6 is 0 Å². The van der Waals surface area contributed by atoms with Crippen molar-refractivity contribution in [3.8, 4) is 0 Å². The predicted octanol–water partition coefficient (Wildman–Crippen LogP) is 0.849. The molecule has 0 heterocycles. The number of ether oxygens (including phenoxy) is 1. The van der Waals surface area contributed by atoms with E-state index in [0.717, 1.165) is 12.8 Å². The number of nitrogens with two attached hydrogens (primary N) is 1.